The topological polar surface area (TPSA) is 18.5 Å². The zero-order valence-corrected chi connectivity index (χ0v) is 10.8. The Bertz CT molecular complexity index is 172. The van der Waals surface area contributed by atoms with Crippen LogP contribution in [0.15, 0.2) is 0 Å². The Kier molecular flexibility index (Phi) is 5.58. The summed E-state index contributed by atoms with van der Waals surface area (Å²) in [4.78, 5) is 5.13. The maximum atomic E-state index is 3.33. The van der Waals surface area contributed by atoms with Gasteiger partial charge in [-0.15, -0.1) is 0 Å². The van der Waals surface area contributed by atoms with Crippen LogP contribution in [-0.4, -0.2) is 62.2 Å². The van der Waals surface area contributed by atoms with Crippen LogP contribution in [-0.2, 0) is 0 Å². The van der Waals surface area contributed by atoms with E-state index in [0.29, 0.717) is 6.04 Å². The van der Waals surface area contributed by atoms with E-state index in [9.17, 15) is 0 Å². The highest BCUT2D eigenvalue weighted by molar-refractivity contribution is 4.79. The minimum absolute atomic E-state index is 0.599. The third-order valence-corrected chi connectivity index (χ3v) is 3.50. The second-order valence-electron chi connectivity index (χ2n) is 4.86. The molecule has 1 N–H and O–H groups in total. The first-order chi connectivity index (χ1) is 7.17. The van der Waals surface area contributed by atoms with E-state index in [0.717, 1.165) is 6.04 Å². The zero-order valence-electron chi connectivity index (χ0n) is 10.8. The maximum absolute atomic E-state index is 3.33. The van der Waals surface area contributed by atoms with Crippen molar-refractivity contribution in [1.82, 2.24) is 15.1 Å². The van der Waals surface area contributed by atoms with Crippen LogP contribution in [0.4, 0.5) is 0 Å². The summed E-state index contributed by atoms with van der Waals surface area (Å²) in [5, 5.41) is 3.33. The Labute approximate surface area is 94.8 Å². The molecule has 1 fully saturated rings. The number of rotatable bonds is 4. The lowest BCUT2D eigenvalue weighted by Crippen LogP contribution is -2.45. The van der Waals surface area contributed by atoms with Gasteiger partial charge >= 0.3 is 0 Å². The van der Waals surface area contributed by atoms with Gasteiger partial charge in [-0.1, -0.05) is 6.92 Å². The highest BCUT2D eigenvalue weighted by atomic mass is 15.2. The monoisotopic (exact) mass is 213 g/mol. The van der Waals surface area contributed by atoms with E-state index in [1.807, 2.05) is 0 Å². The number of nitrogens with one attached hydrogen (secondary N) is 1. The summed E-state index contributed by atoms with van der Waals surface area (Å²) in [6.45, 7) is 9.49. The predicted molar refractivity (Wildman–Crippen MR) is 66.3 cm³/mol. The lowest BCUT2D eigenvalue weighted by atomic mass is 10.1. The molecule has 15 heavy (non-hydrogen) atoms. The Morgan fingerprint density at radius 3 is 2.73 bits per heavy atom. The van der Waals surface area contributed by atoms with Gasteiger partial charge in [0.25, 0.3) is 0 Å². The highest BCUT2D eigenvalue weighted by Crippen LogP contribution is 2.12. The maximum Gasteiger partial charge on any atom is 0.0221 e. The molecular weight excluding hydrogens is 186 g/mol. The van der Waals surface area contributed by atoms with Gasteiger partial charge in [-0.3, -0.25) is 4.90 Å². The summed E-state index contributed by atoms with van der Waals surface area (Å²) in [5.74, 6) is 0. The highest BCUT2D eigenvalue weighted by Gasteiger charge is 2.22. The van der Waals surface area contributed by atoms with Crippen molar-refractivity contribution >= 4 is 0 Å². The number of hydrogen-bond donors (Lipinski definition) is 1. The zero-order chi connectivity index (χ0) is 11.3. The van der Waals surface area contributed by atoms with Gasteiger partial charge in [-0.05, 0) is 47.0 Å². The molecule has 90 valence electrons. The summed E-state index contributed by atoms with van der Waals surface area (Å²) >= 11 is 0. The Morgan fingerprint density at radius 2 is 2.13 bits per heavy atom. The van der Waals surface area contributed by atoms with Gasteiger partial charge in [0.05, 0.1) is 0 Å². The first-order valence-corrected chi connectivity index (χ1v) is 6.27. The first-order valence-electron chi connectivity index (χ1n) is 6.27. The largest absolute Gasteiger partial charge is 0.316 e. The van der Waals surface area contributed by atoms with Crippen molar-refractivity contribution in [2.75, 3.05) is 40.3 Å². The van der Waals surface area contributed by atoms with E-state index >= 15 is 0 Å². The van der Waals surface area contributed by atoms with Gasteiger partial charge in [-0.2, -0.15) is 0 Å². The summed E-state index contributed by atoms with van der Waals surface area (Å²) in [6.07, 6.45) is 2.57. The first kappa shape index (κ1) is 12.9. The fourth-order valence-electron chi connectivity index (χ4n) is 2.36. The Hall–Kier alpha value is -0.120. The van der Waals surface area contributed by atoms with Crippen molar-refractivity contribution < 1.29 is 0 Å². The van der Waals surface area contributed by atoms with Crippen molar-refractivity contribution in [3.05, 3.63) is 0 Å². The average Bonchev–Trinajstić information content (AvgIpc) is 2.40. The Balaban J connectivity index is 2.51. The van der Waals surface area contributed by atoms with Crippen LogP contribution in [0.5, 0.6) is 0 Å². The fourth-order valence-corrected chi connectivity index (χ4v) is 2.36. The molecule has 1 aliphatic heterocycles. The van der Waals surface area contributed by atoms with Gasteiger partial charge in [0.2, 0.25) is 0 Å². The SMILES string of the molecule is CCC1CN(C)CCCN1CC(C)NC. The summed E-state index contributed by atoms with van der Waals surface area (Å²) < 4.78 is 0. The van der Waals surface area contributed by atoms with E-state index in [-0.39, 0.29) is 0 Å². The number of hydrogen-bond acceptors (Lipinski definition) is 3. The van der Waals surface area contributed by atoms with Crippen LogP contribution in [0.3, 0.4) is 0 Å². The molecular formula is C12H27N3. The molecule has 3 nitrogen and oxygen atoms in total. The molecule has 0 aromatic heterocycles. The molecule has 0 aliphatic carbocycles. The molecule has 0 bridgehead atoms. The molecule has 1 aliphatic rings. The summed E-state index contributed by atoms with van der Waals surface area (Å²) in [7, 11) is 4.29. The molecule has 1 saturated heterocycles. The molecule has 0 spiro atoms. The quantitative estimate of drug-likeness (QED) is 0.752. The van der Waals surface area contributed by atoms with Crippen LogP contribution in [0.25, 0.3) is 0 Å². The molecule has 2 atom stereocenters. The molecule has 3 heteroatoms. The molecule has 0 radical (unpaired) electrons. The molecule has 0 amide bonds. The van der Waals surface area contributed by atoms with Gasteiger partial charge in [-0.25, -0.2) is 0 Å². The van der Waals surface area contributed by atoms with Crippen molar-refractivity contribution in [3.63, 3.8) is 0 Å². The van der Waals surface area contributed by atoms with Gasteiger partial charge in [0, 0.05) is 25.2 Å². The number of likely N-dealkylation sites (N-methyl/N-ethyl adjacent to an activating group) is 2. The Morgan fingerprint density at radius 1 is 1.40 bits per heavy atom. The molecule has 0 aromatic rings. The van der Waals surface area contributed by atoms with Gasteiger partial charge < -0.3 is 10.2 Å². The van der Waals surface area contributed by atoms with E-state index in [4.69, 9.17) is 0 Å². The van der Waals surface area contributed by atoms with E-state index < -0.39 is 0 Å². The molecule has 1 rings (SSSR count). The normalized spacial score (nSPS) is 27.6. The van der Waals surface area contributed by atoms with Crippen LogP contribution < -0.4 is 5.32 Å². The molecule has 0 aromatic carbocycles. The van der Waals surface area contributed by atoms with Crippen LogP contribution in [0.1, 0.15) is 26.7 Å². The van der Waals surface area contributed by atoms with Crippen LogP contribution >= 0.6 is 0 Å². The van der Waals surface area contributed by atoms with Gasteiger partial charge in [0.1, 0.15) is 0 Å². The third-order valence-electron chi connectivity index (χ3n) is 3.50. The van der Waals surface area contributed by atoms with Crippen molar-refractivity contribution in [2.24, 2.45) is 0 Å². The molecule has 1 heterocycles. The van der Waals surface area contributed by atoms with Crippen molar-refractivity contribution in [2.45, 2.75) is 38.8 Å². The minimum Gasteiger partial charge on any atom is -0.316 e. The summed E-state index contributed by atoms with van der Waals surface area (Å²) in [5.41, 5.74) is 0. The number of nitrogens with zero attached hydrogens (tertiary/aromatic N) is 2. The van der Waals surface area contributed by atoms with Crippen molar-refractivity contribution in [3.8, 4) is 0 Å². The van der Waals surface area contributed by atoms with E-state index in [1.54, 1.807) is 0 Å². The standard InChI is InChI=1S/C12H27N3/c1-5-12-10-14(4)7-6-8-15(12)9-11(2)13-3/h11-13H,5-10H2,1-4H3. The third kappa shape index (κ3) is 4.09. The lowest BCUT2D eigenvalue weighted by molar-refractivity contribution is 0.171. The second-order valence-corrected chi connectivity index (χ2v) is 4.86. The summed E-state index contributed by atoms with van der Waals surface area (Å²) in [6, 6.07) is 1.34. The van der Waals surface area contributed by atoms with Crippen molar-refractivity contribution in [1.29, 1.82) is 0 Å². The van der Waals surface area contributed by atoms with E-state index in [1.165, 1.54) is 39.0 Å². The lowest BCUT2D eigenvalue weighted by Gasteiger charge is -2.32. The van der Waals surface area contributed by atoms with E-state index in [2.05, 4.69) is 43.1 Å². The second kappa shape index (κ2) is 6.46. The fraction of sp³-hybridized carbons (Fsp3) is 1.00. The minimum atomic E-state index is 0.599. The van der Waals surface area contributed by atoms with Crippen LogP contribution in [0.2, 0.25) is 0 Å². The van der Waals surface area contributed by atoms with Crippen LogP contribution in [0, 0.1) is 0 Å². The average molecular weight is 213 g/mol. The molecule has 2 unspecified atom stereocenters. The van der Waals surface area contributed by atoms with Gasteiger partial charge in [0.15, 0.2) is 0 Å². The predicted octanol–water partition coefficient (Wildman–Crippen LogP) is 1.01. The molecule has 0 saturated carbocycles. The smallest absolute Gasteiger partial charge is 0.0221 e.